The Balaban J connectivity index is 1.82. The molecule has 0 saturated heterocycles. The van der Waals surface area contributed by atoms with Gasteiger partial charge in [-0.05, 0) is 52.7 Å². The Labute approximate surface area is 151 Å². The van der Waals surface area contributed by atoms with E-state index in [2.05, 4.69) is 26.8 Å². The van der Waals surface area contributed by atoms with Crippen molar-refractivity contribution in [3.8, 4) is 0 Å². The highest BCUT2D eigenvalue weighted by Crippen LogP contribution is 2.15. The van der Waals surface area contributed by atoms with Crippen molar-refractivity contribution >= 4 is 33.7 Å². The van der Waals surface area contributed by atoms with Crippen LogP contribution in [0, 0.1) is 12.7 Å². The molecule has 0 radical (unpaired) electrons. The molecule has 2 amide bonds. The number of rotatable bonds is 4. The summed E-state index contributed by atoms with van der Waals surface area (Å²) >= 11 is 3.22. The summed E-state index contributed by atoms with van der Waals surface area (Å²) in [4.78, 5) is 35.3. The molecule has 25 heavy (non-hydrogen) atoms. The van der Waals surface area contributed by atoms with Crippen molar-refractivity contribution < 1.29 is 23.5 Å². The lowest BCUT2D eigenvalue weighted by molar-refractivity contribution is -0.125. The first-order chi connectivity index (χ1) is 11.9. The number of amides is 2. The van der Waals surface area contributed by atoms with Crippen LogP contribution < -0.4 is 10.9 Å². The number of hydrogen-bond acceptors (Lipinski definition) is 4. The lowest BCUT2D eigenvalue weighted by Crippen LogP contribution is -2.43. The fourth-order valence-electron chi connectivity index (χ4n) is 1.81. The maximum Gasteiger partial charge on any atom is 0.338 e. The third-order valence-electron chi connectivity index (χ3n) is 3.18. The smallest absolute Gasteiger partial charge is 0.338 e. The largest absolute Gasteiger partial charge is 0.452 e. The number of benzene rings is 2. The van der Waals surface area contributed by atoms with Crippen molar-refractivity contribution in [2.24, 2.45) is 0 Å². The predicted molar refractivity (Wildman–Crippen MR) is 91.2 cm³/mol. The zero-order chi connectivity index (χ0) is 18.4. The van der Waals surface area contributed by atoms with Crippen LogP contribution in [0.5, 0.6) is 0 Å². The molecule has 0 saturated carbocycles. The summed E-state index contributed by atoms with van der Waals surface area (Å²) in [7, 11) is 0. The van der Waals surface area contributed by atoms with Gasteiger partial charge in [0.1, 0.15) is 5.82 Å². The van der Waals surface area contributed by atoms with Crippen molar-refractivity contribution in [1.29, 1.82) is 0 Å². The molecule has 0 unspecified atom stereocenters. The van der Waals surface area contributed by atoms with E-state index < -0.39 is 30.2 Å². The molecular formula is C17H14BrFN2O4. The van der Waals surface area contributed by atoms with E-state index in [-0.39, 0.29) is 5.56 Å². The summed E-state index contributed by atoms with van der Waals surface area (Å²) in [5.74, 6) is -2.65. The Morgan fingerprint density at radius 2 is 1.84 bits per heavy atom. The Bertz CT molecular complexity index is 826. The Kier molecular flexibility index (Phi) is 6.24. The van der Waals surface area contributed by atoms with E-state index in [1.165, 1.54) is 12.1 Å². The predicted octanol–water partition coefficient (Wildman–Crippen LogP) is 2.51. The van der Waals surface area contributed by atoms with E-state index in [9.17, 15) is 18.8 Å². The van der Waals surface area contributed by atoms with Crippen LogP contribution in [0.1, 0.15) is 26.3 Å². The molecule has 0 aliphatic rings. The van der Waals surface area contributed by atoms with Gasteiger partial charge >= 0.3 is 5.97 Å². The Morgan fingerprint density at radius 1 is 1.12 bits per heavy atom. The van der Waals surface area contributed by atoms with Gasteiger partial charge in [0.2, 0.25) is 0 Å². The van der Waals surface area contributed by atoms with Crippen molar-refractivity contribution in [2.45, 2.75) is 6.92 Å². The summed E-state index contributed by atoms with van der Waals surface area (Å²) in [5.41, 5.74) is 5.04. The van der Waals surface area contributed by atoms with Gasteiger partial charge in [-0.2, -0.15) is 0 Å². The van der Waals surface area contributed by atoms with Crippen molar-refractivity contribution in [3.63, 3.8) is 0 Å². The fraction of sp³-hybridized carbons (Fsp3) is 0.118. The molecule has 0 heterocycles. The van der Waals surface area contributed by atoms with Crippen molar-refractivity contribution in [3.05, 3.63) is 69.4 Å². The van der Waals surface area contributed by atoms with Crippen molar-refractivity contribution in [2.75, 3.05) is 6.61 Å². The highest BCUT2D eigenvalue weighted by Gasteiger charge is 2.13. The molecule has 0 bridgehead atoms. The molecule has 2 rings (SSSR count). The minimum Gasteiger partial charge on any atom is -0.452 e. The van der Waals surface area contributed by atoms with Gasteiger partial charge in [0, 0.05) is 4.47 Å². The Morgan fingerprint density at radius 3 is 2.52 bits per heavy atom. The summed E-state index contributed by atoms with van der Waals surface area (Å²) in [6.45, 7) is 0.941. The minimum atomic E-state index is -0.841. The molecule has 0 aliphatic carbocycles. The van der Waals surface area contributed by atoms with Crippen molar-refractivity contribution in [1.82, 2.24) is 10.9 Å². The maximum absolute atomic E-state index is 13.4. The number of hydrogen-bond donors (Lipinski definition) is 2. The van der Waals surface area contributed by atoms with Crippen LogP contribution in [0.2, 0.25) is 0 Å². The zero-order valence-electron chi connectivity index (χ0n) is 13.1. The third-order valence-corrected chi connectivity index (χ3v) is 3.87. The number of hydrazine groups is 1. The molecule has 0 aliphatic heterocycles. The van der Waals surface area contributed by atoms with Gasteiger partial charge in [-0.1, -0.05) is 18.2 Å². The number of aryl methyl sites for hydroxylation is 1. The minimum absolute atomic E-state index is 0.00634. The molecule has 2 aromatic carbocycles. The summed E-state index contributed by atoms with van der Waals surface area (Å²) in [6, 6.07) is 10.5. The van der Waals surface area contributed by atoms with Gasteiger partial charge in [0.05, 0.1) is 11.1 Å². The first kappa shape index (κ1) is 18.6. The average Bonchev–Trinajstić information content (AvgIpc) is 2.60. The highest BCUT2D eigenvalue weighted by molar-refractivity contribution is 9.10. The normalized spacial score (nSPS) is 10.0. The topological polar surface area (TPSA) is 84.5 Å². The molecule has 0 spiro atoms. The zero-order valence-corrected chi connectivity index (χ0v) is 14.7. The van der Waals surface area contributed by atoms with Gasteiger partial charge in [-0.25, -0.2) is 9.18 Å². The number of carbonyl (C=O) groups is 3. The molecular weight excluding hydrogens is 395 g/mol. The molecule has 8 heteroatoms. The molecule has 0 atom stereocenters. The van der Waals surface area contributed by atoms with E-state index in [1.54, 1.807) is 31.2 Å². The second kappa shape index (κ2) is 8.39. The molecule has 6 nitrogen and oxygen atoms in total. The second-order valence-corrected chi connectivity index (χ2v) is 5.88. The standard InChI is InChI=1S/C17H14BrFN2O4/c1-10-6-7-11(8-14(10)19)17(24)25-9-15(22)20-21-16(23)12-4-2-3-5-13(12)18/h2-8H,9H2,1H3,(H,20,22)(H,21,23). The quantitative estimate of drug-likeness (QED) is 0.601. The first-order valence-corrected chi connectivity index (χ1v) is 7.95. The SMILES string of the molecule is Cc1ccc(C(=O)OCC(=O)NNC(=O)c2ccccc2Br)cc1F. The Hall–Kier alpha value is -2.74. The number of halogens is 2. The number of ether oxygens (including phenoxy) is 1. The monoisotopic (exact) mass is 408 g/mol. The summed E-state index contributed by atoms with van der Waals surface area (Å²) < 4.78 is 18.7. The number of carbonyl (C=O) groups excluding carboxylic acids is 3. The highest BCUT2D eigenvalue weighted by atomic mass is 79.9. The van der Waals surface area contributed by atoms with Crippen LogP contribution in [-0.4, -0.2) is 24.4 Å². The molecule has 2 N–H and O–H groups in total. The van der Waals surface area contributed by atoms with Crippen LogP contribution in [0.15, 0.2) is 46.9 Å². The van der Waals surface area contributed by atoms with E-state index in [0.717, 1.165) is 6.07 Å². The van der Waals surface area contributed by atoms with Crippen LogP contribution in [0.3, 0.4) is 0 Å². The van der Waals surface area contributed by atoms with Gasteiger partial charge in [-0.15, -0.1) is 0 Å². The van der Waals surface area contributed by atoms with Crippen LogP contribution >= 0.6 is 15.9 Å². The van der Waals surface area contributed by atoms with Crippen LogP contribution in [-0.2, 0) is 9.53 Å². The molecule has 130 valence electrons. The van der Waals surface area contributed by atoms with Gasteiger partial charge < -0.3 is 4.74 Å². The van der Waals surface area contributed by atoms with E-state index >= 15 is 0 Å². The second-order valence-electron chi connectivity index (χ2n) is 5.02. The lowest BCUT2D eigenvalue weighted by Gasteiger charge is -2.09. The first-order valence-electron chi connectivity index (χ1n) is 7.15. The third kappa shape index (κ3) is 5.12. The van der Waals surface area contributed by atoms with E-state index in [1.807, 2.05) is 0 Å². The maximum atomic E-state index is 13.4. The fourth-order valence-corrected chi connectivity index (χ4v) is 2.27. The summed E-state index contributed by atoms with van der Waals surface area (Å²) in [5, 5.41) is 0. The number of esters is 1. The molecule has 0 aromatic heterocycles. The van der Waals surface area contributed by atoms with Gasteiger partial charge in [0.15, 0.2) is 6.61 Å². The van der Waals surface area contributed by atoms with E-state index in [4.69, 9.17) is 4.74 Å². The molecule has 0 fully saturated rings. The molecule has 2 aromatic rings. The van der Waals surface area contributed by atoms with Crippen LogP contribution in [0.4, 0.5) is 4.39 Å². The van der Waals surface area contributed by atoms with Gasteiger partial charge in [0.25, 0.3) is 11.8 Å². The lowest BCUT2D eigenvalue weighted by atomic mass is 10.1. The van der Waals surface area contributed by atoms with E-state index in [0.29, 0.717) is 15.6 Å². The average molecular weight is 409 g/mol. The van der Waals surface area contributed by atoms with Gasteiger partial charge in [-0.3, -0.25) is 20.4 Å². The van der Waals surface area contributed by atoms with Crippen LogP contribution in [0.25, 0.3) is 0 Å². The number of nitrogens with one attached hydrogen (secondary N) is 2. The summed E-state index contributed by atoms with van der Waals surface area (Å²) in [6.07, 6.45) is 0.